The maximum Gasteiger partial charge on any atom is 0.00219 e. The molecule has 0 bridgehead atoms. The predicted octanol–water partition coefficient (Wildman–Crippen LogP) is 1.07. The average molecular weight is 156 g/mol. The summed E-state index contributed by atoms with van der Waals surface area (Å²) in [5.74, 6) is 0.987. The van der Waals surface area contributed by atoms with E-state index in [0.717, 1.165) is 12.5 Å². The summed E-state index contributed by atoms with van der Waals surface area (Å²) in [6.45, 7) is 7.00. The molecule has 11 heavy (non-hydrogen) atoms. The number of rotatable bonds is 5. The lowest BCUT2D eigenvalue weighted by Crippen LogP contribution is -2.46. The van der Waals surface area contributed by atoms with Crippen molar-refractivity contribution in [1.82, 2.24) is 4.90 Å². The molecule has 2 heteroatoms. The maximum absolute atomic E-state index is 5.42. The van der Waals surface area contributed by atoms with Crippen LogP contribution in [-0.4, -0.2) is 31.1 Å². The molecule has 2 N–H and O–H groups in total. The Bertz CT molecular complexity index is 97.7. The lowest BCUT2D eigenvalue weighted by molar-refractivity contribution is 0.0993. The van der Waals surface area contributed by atoms with E-state index in [4.69, 9.17) is 5.73 Å². The van der Waals surface area contributed by atoms with Crippen molar-refractivity contribution in [1.29, 1.82) is 0 Å². The van der Waals surface area contributed by atoms with Crippen molar-refractivity contribution in [3.05, 3.63) is 0 Å². The third-order valence-electron chi connectivity index (χ3n) is 2.55. The zero-order valence-electron chi connectivity index (χ0n) is 7.55. The van der Waals surface area contributed by atoms with Gasteiger partial charge < -0.3 is 10.6 Å². The van der Waals surface area contributed by atoms with Crippen molar-refractivity contribution in [2.45, 2.75) is 26.2 Å². The van der Waals surface area contributed by atoms with Crippen molar-refractivity contribution in [3.8, 4) is 0 Å². The van der Waals surface area contributed by atoms with Gasteiger partial charge >= 0.3 is 0 Å². The van der Waals surface area contributed by atoms with E-state index in [-0.39, 0.29) is 0 Å². The van der Waals surface area contributed by atoms with Crippen LogP contribution in [0.1, 0.15) is 26.2 Å². The third-order valence-corrected chi connectivity index (χ3v) is 2.55. The fourth-order valence-electron chi connectivity index (χ4n) is 1.69. The van der Waals surface area contributed by atoms with E-state index in [1.807, 2.05) is 0 Å². The van der Waals surface area contributed by atoms with Crippen LogP contribution in [-0.2, 0) is 0 Å². The lowest BCUT2D eigenvalue weighted by Gasteiger charge is -2.38. The molecule has 1 aliphatic rings. The Hall–Kier alpha value is -0.0800. The number of likely N-dealkylation sites (tertiary alicyclic amines) is 1. The first-order valence-corrected chi connectivity index (χ1v) is 4.79. The Labute approximate surface area is 69.8 Å². The van der Waals surface area contributed by atoms with E-state index in [1.165, 1.54) is 38.9 Å². The highest BCUT2D eigenvalue weighted by molar-refractivity contribution is 4.78. The normalized spacial score (nSPS) is 20.2. The van der Waals surface area contributed by atoms with E-state index in [2.05, 4.69) is 11.8 Å². The van der Waals surface area contributed by atoms with Gasteiger partial charge in [0.2, 0.25) is 0 Å². The molecule has 1 aliphatic heterocycles. The first kappa shape index (κ1) is 9.01. The quantitative estimate of drug-likeness (QED) is 0.603. The van der Waals surface area contributed by atoms with Crippen LogP contribution in [0.15, 0.2) is 0 Å². The molecule has 1 heterocycles. The van der Waals surface area contributed by atoms with Crippen LogP contribution in [0.3, 0.4) is 0 Å². The maximum atomic E-state index is 5.42. The molecule has 0 radical (unpaired) electrons. The minimum Gasteiger partial charge on any atom is -0.330 e. The second kappa shape index (κ2) is 4.73. The molecule has 0 unspecified atom stereocenters. The smallest absolute Gasteiger partial charge is 0.00219 e. The second-order valence-corrected chi connectivity index (χ2v) is 3.50. The highest BCUT2D eigenvalue weighted by atomic mass is 15.2. The van der Waals surface area contributed by atoms with Crippen molar-refractivity contribution in [2.75, 3.05) is 26.2 Å². The van der Waals surface area contributed by atoms with E-state index >= 15 is 0 Å². The lowest BCUT2D eigenvalue weighted by atomic mass is 9.94. The van der Waals surface area contributed by atoms with Crippen LogP contribution < -0.4 is 5.73 Å². The number of nitrogens with two attached hydrogens (primary N) is 1. The summed E-state index contributed by atoms with van der Waals surface area (Å²) >= 11 is 0. The highest BCUT2D eigenvalue weighted by Gasteiger charge is 2.23. The summed E-state index contributed by atoms with van der Waals surface area (Å²) in [6.07, 6.45) is 3.94. The van der Waals surface area contributed by atoms with Gasteiger partial charge in [0.25, 0.3) is 0 Å². The zero-order valence-corrected chi connectivity index (χ0v) is 7.55. The Balaban J connectivity index is 1.88. The zero-order chi connectivity index (χ0) is 8.10. The third kappa shape index (κ3) is 2.80. The van der Waals surface area contributed by atoms with Gasteiger partial charge in [-0.2, -0.15) is 0 Å². The van der Waals surface area contributed by atoms with Gasteiger partial charge in [-0.05, 0) is 31.8 Å². The molecule has 0 amide bonds. The summed E-state index contributed by atoms with van der Waals surface area (Å²) in [7, 11) is 0. The van der Waals surface area contributed by atoms with E-state index < -0.39 is 0 Å². The molecule has 2 nitrogen and oxygen atoms in total. The van der Waals surface area contributed by atoms with Gasteiger partial charge in [0.15, 0.2) is 0 Å². The molecule has 1 saturated heterocycles. The molecule has 1 fully saturated rings. The minimum atomic E-state index is 0.865. The summed E-state index contributed by atoms with van der Waals surface area (Å²) in [5, 5.41) is 0. The SMILES string of the molecule is CCN1CC(CCCCN)C1. The van der Waals surface area contributed by atoms with Crippen molar-refractivity contribution < 1.29 is 0 Å². The molecule has 0 spiro atoms. The van der Waals surface area contributed by atoms with Crippen molar-refractivity contribution in [3.63, 3.8) is 0 Å². The Morgan fingerprint density at radius 2 is 2.09 bits per heavy atom. The molecule has 0 aromatic rings. The van der Waals surface area contributed by atoms with Crippen LogP contribution in [0.5, 0.6) is 0 Å². The average Bonchev–Trinajstić information content (AvgIpc) is 1.94. The van der Waals surface area contributed by atoms with Gasteiger partial charge in [-0.3, -0.25) is 0 Å². The molecule has 0 aromatic heterocycles. The number of nitrogens with zero attached hydrogens (tertiary/aromatic N) is 1. The molecular formula is C9H20N2. The molecule has 0 atom stereocenters. The van der Waals surface area contributed by atoms with Gasteiger partial charge in [0.1, 0.15) is 0 Å². The predicted molar refractivity (Wildman–Crippen MR) is 48.5 cm³/mol. The number of unbranched alkanes of at least 4 members (excludes halogenated alkanes) is 1. The minimum absolute atomic E-state index is 0.865. The summed E-state index contributed by atoms with van der Waals surface area (Å²) in [6, 6.07) is 0. The van der Waals surface area contributed by atoms with Gasteiger partial charge in [-0.25, -0.2) is 0 Å². The fourth-order valence-corrected chi connectivity index (χ4v) is 1.69. The second-order valence-electron chi connectivity index (χ2n) is 3.50. The Kier molecular flexibility index (Phi) is 3.87. The van der Waals surface area contributed by atoms with E-state index in [1.54, 1.807) is 0 Å². The summed E-state index contributed by atoms with van der Waals surface area (Å²) in [5.41, 5.74) is 5.42. The van der Waals surface area contributed by atoms with Gasteiger partial charge in [0.05, 0.1) is 0 Å². The van der Waals surface area contributed by atoms with Crippen molar-refractivity contribution in [2.24, 2.45) is 11.7 Å². The monoisotopic (exact) mass is 156 g/mol. The molecular weight excluding hydrogens is 136 g/mol. The van der Waals surface area contributed by atoms with Crippen molar-refractivity contribution >= 4 is 0 Å². The van der Waals surface area contributed by atoms with Crippen LogP contribution >= 0.6 is 0 Å². The first-order valence-electron chi connectivity index (χ1n) is 4.79. The van der Waals surface area contributed by atoms with Crippen LogP contribution in [0.25, 0.3) is 0 Å². The van der Waals surface area contributed by atoms with Gasteiger partial charge in [-0.1, -0.05) is 13.3 Å². The van der Waals surface area contributed by atoms with Crippen LogP contribution in [0, 0.1) is 5.92 Å². The largest absolute Gasteiger partial charge is 0.330 e. The van der Waals surface area contributed by atoms with Gasteiger partial charge in [-0.15, -0.1) is 0 Å². The molecule has 0 aromatic carbocycles. The number of hydrogen-bond donors (Lipinski definition) is 1. The molecule has 0 aliphatic carbocycles. The summed E-state index contributed by atoms with van der Waals surface area (Å²) in [4.78, 5) is 2.49. The standard InChI is InChI=1S/C9H20N2/c1-2-11-7-9(8-11)5-3-4-6-10/h9H,2-8,10H2,1H3. The molecule has 0 saturated carbocycles. The van der Waals surface area contributed by atoms with Crippen LogP contribution in [0.2, 0.25) is 0 Å². The van der Waals surface area contributed by atoms with E-state index in [0.29, 0.717) is 0 Å². The highest BCUT2D eigenvalue weighted by Crippen LogP contribution is 2.20. The Morgan fingerprint density at radius 3 is 2.64 bits per heavy atom. The first-order chi connectivity index (χ1) is 5.36. The topological polar surface area (TPSA) is 29.3 Å². The van der Waals surface area contributed by atoms with Crippen LogP contribution in [0.4, 0.5) is 0 Å². The molecule has 1 rings (SSSR count). The molecule has 66 valence electrons. The fraction of sp³-hybridized carbons (Fsp3) is 1.00. The Morgan fingerprint density at radius 1 is 1.36 bits per heavy atom. The van der Waals surface area contributed by atoms with Gasteiger partial charge in [0, 0.05) is 13.1 Å². The van der Waals surface area contributed by atoms with E-state index in [9.17, 15) is 0 Å². The summed E-state index contributed by atoms with van der Waals surface area (Å²) < 4.78 is 0. The number of hydrogen-bond acceptors (Lipinski definition) is 2.